The zero-order valence-corrected chi connectivity index (χ0v) is 14.4. The van der Waals surface area contributed by atoms with Crippen molar-refractivity contribution in [3.8, 4) is 0 Å². The number of ether oxygens (including phenoxy) is 1. The van der Waals surface area contributed by atoms with E-state index in [2.05, 4.69) is 9.88 Å². The summed E-state index contributed by atoms with van der Waals surface area (Å²) in [4.78, 5) is 31.2. The van der Waals surface area contributed by atoms with E-state index in [9.17, 15) is 9.59 Å². The first kappa shape index (κ1) is 18.2. The highest BCUT2D eigenvalue weighted by Crippen LogP contribution is 2.21. The quantitative estimate of drug-likeness (QED) is 0.851. The van der Waals surface area contributed by atoms with E-state index in [1.54, 1.807) is 12.3 Å². The summed E-state index contributed by atoms with van der Waals surface area (Å²) in [7, 11) is 0. The molecule has 1 saturated heterocycles. The Morgan fingerprint density at radius 2 is 2.04 bits per heavy atom. The van der Waals surface area contributed by atoms with Crippen LogP contribution in [-0.2, 0) is 9.53 Å². The number of carbonyl (C=O) groups is 2. The first-order valence-corrected chi connectivity index (χ1v) is 8.28. The van der Waals surface area contributed by atoms with Gasteiger partial charge in [-0.15, -0.1) is 0 Å². The van der Waals surface area contributed by atoms with E-state index in [0.717, 1.165) is 18.8 Å². The van der Waals surface area contributed by atoms with Crippen molar-refractivity contribution in [3.63, 3.8) is 0 Å². The van der Waals surface area contributed by atoms with Crippen LogP contribution in [0.3, 0.4) is 0 Å². The van der Waals surface area contributed by atoms with E-state index in [1.807, 2.05) is 26.8 Å². The van der Waals surface area contributed by atoms with Gasteiger partial charge in [0.05, 0.1) is 12.2 Å². The molecule has 2 heterocycles. The molecule has 1 aliphatic rings. The van der Waals surface area contributed by atoms with Crippen molar-refractivity contribution in [2.24, 2.45) is 0 Å². The van der Waals surface area contributed by atoms with Gasteiger partial charge in [0.1, 0.15) is 12.2 Å². The van der Waals surface area contributed by atoms with Crippen LogP contribution in [0.2, 0.25) is 0 Å². The Labute approximate surface area is 142 Å². The number of aromatic nitrogens is 1. The highest BCUT2D eigenvalue weighted by Gasteiger charge is 2.24. The molecule has 2 rings (SSSR count). The second-order valence-corrected chi connectivity index (χ2v) is 6.18. The number of carboxylic acid groups (broad SMARTS) is 1. The third kappa shape index (κ3) is 4.67. The first-order chi connectivity index (χ1) is 11.4. The second kappa shape index (κ2) is 8.10. The molecule has 132 valence electrons. The largest absolute Gasteiger partial charge is 0.480 e. The van der Waals surface area contributed by atoms with Gasteiger partial charge < -0.3 is 19.6 Å². The molecule has 0 aromatic carbocycles. The van der Waals surface area contributed by atoms with Gasteiger partial charge in [0.25, 0.3) is 5.91 Å². The van der Waals surface area contributed by atoms with Crippen molar-refractivity contribution in [1.82, 2.24) is 9.88 Å². The van der Waals surface area contributed by atoms with Gasteiger partial charge in [-0.1, -0.05) is 6.92 Å². The van der Waals surface area contributed by atoms with Gasteiger partial charge in [-0.05, 0) is 32.4 Å². The smallest absolute Gasteiger partial charge is 0.323 e. The Balaban J connectivity index is 2.19. The lowest BCUT2D eigenvalue weighted by Crippen LogP contribution is -2.45. The zero-order valence-electron chi connectivity index (χ0n) is 14.4. The summed E-state index contributed by atoms with van der Waals surface area (Å²) in [6.07, 6.45) is 2.52. The standard InChI is InChI=1S/C17H25N3O4/c1-4-7-19(11-16(21)22)17(23)15-8-14(5-6-18-15)20-9-12(2)24-13(3)10-20/h5-6,8,12-13H,4,7,9-11H2,1-3H3,(H,21,22). The number of hydrogen-bond donors (Lipinski definition) is 1. The van der Waals surface area contributed by atoms with Gasteiger partial charge in [0, 0.05) is 31.5 Å². The first-order valence-electron chi connectivity index (χ1n) is 8.28. The lowest BCUT2D eigenvalue weighted by atomic mass is 10.2. The third-order valence-corrected chi connectivity index (χ3v) is 3.85. The molecule has 0 spiro atoms. The fourth-order valence-electron chi connectivity index (χ4n) is 2.97. The molecule has 1 N–H and O–H groups in total. The minimum absolute atomic E-state index is 0.115. The van der Waals surface area contributed by atoms with Crippen molar-refractivity contribution < 1.29 is 19.4 Å². The average Bonchev–Trinajstić information content (AvgIpc) is 2.52. The molecular formula is C17H25N3O4. The van der Waals surface area contributed by atoms with Crippen LogP contribution in [0.15, 0.2) is 18.3 Å². The SMILES string of the molecule is CCCN(CC(=O)O)C(=O)c1cc(N2CC(C)OC(C)C2)ccn1. The van der Waals surface area contributed by atoms with E-state index >= 15 is 0 Å². The van der Waals surface area contributed by atoms with Crippen molar-refractivity contribution in [3.05, 3.63) is 24.0 Å². The number of aliphatic carboxylic acids is 1. The molecular weight excluding hydrogens is 310 g/mol. The molecule has 2 unspecified atom stereocenters. The molecule has 24 heavy (non-hydrogen) atoms. The number of pyridine rings is 1. The van der Waals surface area contributed by atoms with Crippen LogP contribution < -0.4 is 4.90 Å². The molecule has 0 radical (unpaired) electrons. The number of rotatable bonds is 6. The predicted molar refractivity (Wildman–Crippen MR) is 90.3 cm³/mol. The average molecular weight is 335 g/mol. The fraction of sp³-hybridized carbons (Fsp3) is 0.588. The maximum Gasteiger partial charge on any atom is 0.323 e. The van der Waals surface area contributed by atoms with E-state index < -0.39 is 5.97 Å². The van der Waals surface area contributed by atoms with Gasteiger partial charge in [-0.3, -0.25) is 14.6 Å². The minimum Gasteiger partial charge on any atom is -0.480 e. The molecule has 7 heteroatoms. The lowest BCUT2D eigenvalue weighted by molar-refractivity contribution is -0.137. The van der Waals surface area contributed by atoms with Gasteiger partial charge in [-0.25, -0.2) is 0 Å². The molecule has 1 aromatic heterocycles. The van der Waals surface area contributed by atoms with Crippen molar-refractivity contribution >= 4 is 17.6 Å². The minimum atomic E-state index is -1.02. The number of nitrogens with zero attached hydrogens (tertiary/aromatic N) is 3. The summed E-state index contributed by atoms with van der Waals surface area (Å²) in [6, 6.07) is 3.60. The molecule has 1 fully saturated rings. The molecule has 0 saturated carbocycles. The number of morpholine rings is 1. The highest BCUT2D eigenvalue weighted by molar-refractivity contribution is 5.94. The fourth-order valence-corrected chi connectivity index (χ4v) is 2.97. The van der Waals surface area contributed by atoms with E-state index in [0.29, 0.717) is 13.0 Å². The third-order valence-electron chi connectivity index (χ3n) is 3.85. The zero-order chi connectivity index (χ0) is 17.7. The number of amides is 1. The van der Waals surface area contributed by atoms with Crippen LogP contribution in [-0.4, -0.2) is 65.3 Å². The van der Waals surface area contributed by atoms with Crippen LogP contribution in [0.4, 0.5) is 5.69 Å². The van der Waals surface area contributed by atoms with Gasteiger partial charge in [0.15, 0.2) is 0 Å². The van der Waals surface area contributed by atoms with Crippen LogP contribution in [0.5, 0.6) is 0 Å². The number of carboxylic acids is 1. The Kier molecular flexibility index (Phi) is 6.14. The molecule has 0 bridgehead atoms. The Hall–Kier alpha value is -2.15. The predicted octanol–water partition coefficient (Wildman–Crippen LogP) is 1.63. The van der Waals surface area contributed by atoms with E-state index in [-0.39, 0.29) is 30.4 Å². The highest BCUT2D eigenvalue weighted by atomic mass is 16.5. The molecule has 1 aliphatic heterocycles. The lowest BCUT2D eigenvalue weighted by Gasteiger charge is -2.37. The summed E-state index contributed by atoms with van der Waals surface area (Å²) in [5.41, 5.74) is 1.18. The topological polar surface area (TPSA) is 83.0 Å². The molecule has 2 atom stereocenters. The summed E-state index contributed by atoms with van der Waals surface area (Å²) < 4.78 is 5.73. The molecule has 0 aliphatic carbocycles. The van der Waals surface area contributed by atoms with Crippen LogP contribution in [0.1, 0.15) is 37.7 Å². The van der Waals surface area contributed by atoms with Crippen LogP contribution >= 0.6 is 0 Å². The summed E-state index contributed by atoms with van der Waals surface area (Å²) in [5, 5.41) is 8.99. The monoisotopic (exact) mass is 335 g/mol. The van der Waals surface area contributed by atoms with Gasteiger partial charge in [-0.2, -0.15) is 0 Å². The number of carbonyl (C=O) groups excluding carboxylic acids is 1. The van der Waals surface area contributed by atoms with Gasteiger partial charge in [0.2, 0.25) is 0 Å². The van der Waals surface area contributed by atoms with E-state index in [4.69, 9.17) is 9.84 Å². The van der Waals surface area contributed by atoms with Gasteiger partial charge >= 0.3 is 5.97 Å². The summed E-state index contributed by atoms with van der Waals surface area (Å²) in [6.45, 7) is 7.51. The number of anilines is 1. The summed E-state index contributed by atoms with van der Waals surface area (Å²) in [5.74, 6) is -1.38. The molecule has 1 amide bonds. The van der Waals surface area contributed by atoms with Crippen molar-refractivity contribution in [1.29, 1.82) is 0 Å². The Bertz CT molecular complexity index is 583. The Morgan fingerprint density at radius 1 is 1.38 bits per heavy atom. The van der Waals surface area contributed by atoms with Crippen LogP contribution in [0.25, 0.3) is 0 Å². The summed E-state index contributed by atoms with van der Waals surface area (Å²) >= 11 is 0. The van der Waals surface area contributed by atoms with Crippen molar-refractivity contribution in [2.45, 2.75) is 39.4 Å². The van der Waals surface area contributed by atoms with E-state index in [1.165, 1.54) is 4.90 Å². The molecule has 7 nitrogen and oxygen atoms in total. The maximum absolute atomic E-state index is 12.6. The maximum atomic E-state index is 12.6. The van der Waals surface area contributed by atoms with Crippen LogP contribution in [0, 0.1) is 0 Å². The normalized spacial score (nSPS) is 20.7. The second-order valence-electron chi connectivity index (χ2n) is 6.18. The molecule has 1 aromatic rings. The Morgan fingerprint density at radius 3 is 2.62 bits per heavy atom. The number of hydrogen-bond acceptors (Lipinski definition) is 5. The van der Waals surface area contributed by atoms with Crippen molar-refractivity contribution in [2.75, 3.05) is 31.1 Å².